The van der Waals surface area contributed by atoms with Gasteiger partial charge in [-0.2, -0.15) is 0 Å². The van der Waals surface area contributed by atoms with E-state index >= 15 is 0 Å². The number of benzene rings is 2. The third-order valence-electron chi connectivity index (χ3n) is 8.16. The van der Waals surface area contributed by atoms with E-state index in [9.17, 15) is 19.2 Å². The summed E-state index contributed by atoms with van der Waals surface area (Å²) in [6.07, 6.45) is 2.33. The summed E-state index contributed by atoms with van der Waals surface area (Å²) in [6.45, 7) is 7.69. The summed E-state index contributed by atoms with van der Waals surface area (Å²) in [5.41, 5.74) is 0.206. The van der Waals surface area contributed by atoms with Crippen LogP contribution in [0, 0.1) is 0 Å². The average molecular weight is 653 g/mol. The SMILES string of the molecule is CN(CCC[C@H]1C(=O)N(C)CCCCN(C(=O)OC(C)(C)C)CCCOc2ccccc2C(=O)N1C)C(=O)c1ccc2c(c1)OCO2. The van der Waals surface area contributed by atoms with E-state index < -0.39 is 11.6 Å². The molecule has 2 heterocycles. The maximum Gasteiger partial charge on any atom is 0.410 e. The Hall–Kier alpha value is -4.48. The molecule has 12 heteroatoms. The topological polar surface area (TPSA) is 118 Å². The van der Waals surface area contributed by atoms with Crippen molar-refractivity contribution in [2.24, 2.45) is 0 Å². The lowest BCUT2D eigenvalue weighted by atomic mass is 10.1. The van der Waals surface area contributed by atoms with E-state index in [1.165, 1.54) is 4.90 Å². The Morgan fingerprint density at radius 2 is 1.62 bits per heavy atom. The molecule has 0 aliphatic carbocycles. The molecule has 4 rings (SSSR count). The Morgan fingerprint density at radius 1 is 0.915 bits per heavy atom. The molecule has 2 aliphatic heterocycles. The Kier molecular flexibility index (Phi) is 12.0. The van der Waals surface area contributed by atoms with Crippen LogP contribution in [0.1, 0.15) is 73.6 Å². The number of para-hydroxylation sites is 1. The largest absolute Gasteiger partial charge is 0.493 e. The Bertz CT molecular complexity index is 1420. The van der Waals surface area contributed by atoms with Crippen molar-refractivity contribution in [2.75, 3.05) is 60.7 Å². The number of carbonyl (C=O) groups excluding carboxylic acids is 4. The number of hydrogen-bond acceptors (Lipinski definition) is 8. The average Bonchev–Trinajstić information content (AvgIpc) is 3.51. The summed E-state index contributed by atoms with van der Waals surface area (Å²) in [7, 11) is 5.08. The van der Waals surface area contributed by atoms with E-state index in [2.05, 4.69) is 0 Å². The van der Waals surface area contributed by atoms with E-state index in [0.29, 0.717) is 93.3 Å². The Balaban J connectivity index is 1.48. The van der Waals surface area contributed by atoms with Crippen LogP contribution in [0.25, 0.3) is 0 Å². The number of hydrogen-bond donors (Lipinski definition) is 0. The normalized spacial score (nSPS) is 18.0. The number of fused-ring (bicyclic) bond motifs is 2. The summed E-state index contributed by atoms with van der Waals surface area (Å²) >= 11 is 0. The highest BCUT2D eigenvalue weighted by Gasteiger charge is 2.31. The lowest BCUT2D eigenvalue weighted by Gasteiger charge is -2.32. The number of likely N-dealkylation sites (N-methyl/N-ethyl adjacent to an activating group) is 2. The van der Waals surface area contributed by atoms with Gasteiger partial charge in [-0.1, -0.05) is 12.1 Å². The molecule has 4 amide bonds. The molecule has 256 valence electrons. The van der Waals surface area contributed by atoms with Gasteiger partial charge in [-0.05, 0) is 83.2 Å². The first-order valence-corrected chi connectivity index (χ1v) is 16.2. The number of carbonyl (C=O) groups is 4. The molecule has 12 nitrogen and oxygen atoms in total. The zero-order valence-corrected chi connectivity index (χ0v) is 28.5. The standard InChI is InChI=1S/C35H48N4O8/c1-35(2,3)47-34(43)39-20-10-9-18-37(5)33(42)27(38(6)32(41)26-13-7-8-15-28(26)44-22-12-21-39)14-11-19-36(4)31(40)25-16-17-29-30(23-25)46-24-45-29/h7-8,13,15-17,23,27H,9-12,14,18-22,24H2,1-6H3/t27-/m0/s1. The molecule has 0 saturated carbocycles. The van der Waals surface area contributed by atoms with Crippen LogP contribution in [0.15, 0.2) is 42.5 Å². The van der Waals surface area contributed by atoms with Gasteiger partial charge < -0.3 is 38.5 Å². The molecule has 2 aromatic carbocycles. The van der Waals surface area contributed by atoms with Crippen LogP contribution in [0.5, 0.6) is 17.2 Å². The van der Waals surface area contributed by atoms with Crippen molar-refractivity contribution in [3.63, 3.8) is 0 Å². The highest BCUT2D eigenvalue weighted by Crippen LogP contribution is 2.33. The second-order valence-electron chi connectivity index (χ2n) is 13.0. The van der Waals surface area contributed by atoms with Crippen molar-refractivity contribution in [3.05, 3.63) is 53.6 Å². The zero-order chi connectivity index (χ0) is 34.1. The van der Waals surface area contributed by atoms with Gasteiger partial charge in [-0.3, -0.25) is 14.4 Å². The second-order valence-corrected chi connectivity index (χ2v) is 13.0. The highest BCUT2D eigenvalue weighted by molar-refractivity contribution is 5.99. The fraction of sp³-hybridized carbons (Fsp3) is 0.543. The van der Waals surface area contributed by atoms with E-state index in [1.54, 1.807) is 78.3 Å². The molecule has 0 N–H and O–H groups in total. The van der Waals surface area contributed by atoms with Crippen molar-refractivity contribution in [1.29, 1.82) is 0 Å². The zero-order valence-electron chi connectivity index (χ0n) is 28.5. The molecule has 0 unspecified atom stereocenters. The number of rotatable bonds is 5. The summed E-state index contributed by atoms with van der Waals surface area (Å²) in [5.74, 6) is 0.840. The molecular weight excluding hydrogens is 604 g/mol. The third kappa shape index (κ3) is 9.52. The minimum Gasteiger partial charge on any atom is -0.493 e. The highest BCUT2D eigenvalue weighted by atomic mass is 16.7. The maximum absolute atomic E-state index is 13.9. The molecule has 0 fully saturated rings. The molecule has 0 aromatic heterocycles. The molecule has 0 saturated heterocycles. The van der Waals surface area contributed by atoms with E-state index in [0.717, 1.165) is 0 Å². The summed E-state index contributed by atoms with van der Waals surface area (Å²) in [5, 5.41) is 0. The molecule has 0 bridgehead atoms. The minimum atomic E-state index is -0.763. The maximum atomic E-state index is 13.9. The molecule has 0 radical (unpaired) electrons. The van der Waals surface area contributed by atoms with E-state index in [1.807, 2.05) is 20.8 Å². The quantitative estimate of drug-likeness (QED) is 0.458. The van der Waals surface area contributed by atoms with Crippen LogP contribution in [-0.4, -0.2) is 116 Å². The summed E-state index contributed by atoms with van der Waals surface area (Å²) in [4.78, 5) is 60.2. The molecule has 2 aliphatic rings. The van der Waals surface area contributed by atoms with E-state index in [4.69, 9.17) is 18.9 Å². The number of nitrogens with zero attached hydrogens (tertiary/aromatic N) is 4. The lowest BCUT2D eigenvalue weighted by molar-refractivity contribution is -0.134. The van der Waals surface area contributed by atoms with Gasteiger partial charge in [-0.25, -0.2) is 4.79 Å². The van der Waals surface area contributed by atoms with Crippen molar-refractivity contribution >= 4 is 23.8 Å². The molecule has 2 aromatic rings. The van der Waals surface area contributed by atoms with Crippen molar-refractivity contribution in [1.82, 2.24) is 19.6 Å². The van der Waals surface area contributed by atoms with Crippen LogP contribution in [-0.2, 0) is 9.53 Å². The minimum absolute atomic E-state index is 0.125. The van der Waals surface area contributed by atoms with Crippen LogP contribution in [0.2, 0.25) is 0 Å². The predicted molar refractivity (Wildman–Crippen MR) is 176 cm³/mol. The Morgan fingerprint density at radius 3 is 2.38 bits per heavy atom. The van der Waals surface area contributed by atoms with Gasteiger partial charge in [-0.15, -0.1) is 0 Å². The second kappa shape index (κ2) is 15.9. The van der Waals surface area contributed by atoms with Gasteiger partial charge >= 0.3 is 6.09 Å². The Labute approximate surface area is 277 Å². The molecule has 47 heavy (non-hydrogen) atoms. The molecule has 1 atom stereocenters. The van der Waals surface area contributed by atoms with Crippen molar-refractivity contribution < 1.29 is 38.1 Å². The first-order chi connectivity index (χ1) is 22.4. The molecule has 0 spiro atoms. The van der Waals surface area contributed by atoms with Gasteiger partial charge in [0.05, 0.1) is 12.2 Å². The van der Waals surface area contributed by atoms with Gasteiger partial charge in [0.15, 0.2) is 11.5 Å². The monoisotopic (exact) mass is 652 g/mol. The third-order valence-corrected chi connectivity index (χ3v) is 8.16. The first kappa shape index (κ1) is 35.4. The number of ether oxygens (including phenoxy) is 4. The van der Waals surface area contributed by atoms with Crippen LogP contribution in [0.4, 0.5) is 4.79 Å². The van der Waals surface area contributed by atoms with Gasteiger partial charge in [0.2, 0.25) is 12.7 Å². The van der Waals surface area contributed by atoms with Crippen LogP contribution >= 0.6 is 0 Å². The smallest absolute Gasteiger partial charge is 0.410 e. The summed E-state index contributed by atoms with van der Waals surface area (Å²) in [6, 6.07) is 11.3. The van der Waals surface area contributed by atoms with Gasteiger partial charge in [0.1, 0.15) is 17.4 Å². The van der Waals surface area contributed by atoms with Gasteiger partial charge in [0.25, 0.3) is 11.8 Å². The fourth-order valence-corrected chi connectivity index (χ4v) is 5.53. The van der Waals surface area contributed by atoms with E-state index in [-0.39, 0.29) is 30.6 Å². The van der Waals surface area contributed by atoms with Crippen molar-refractivity contribution in [3.8, 4) is 17.2 Å². The fourth-order valence-electron chi connectivity index (χ4n) is 5.53. The first-order valence-electron chi connectivity index (χ1n) is 16.2. The number of amides is 4. The predicted octanol–water partition coefficient (Wildman–Crippen LogP) is 4.67. The summed E-state index contributed by atoms with van der Waals surface area (Å²) < 4.78 is 22.4. The van der Waals surface area contributed by atoms with Crippen LogP contribution < -0.4 is 14.2 Å². The lowest BCUT2D eigenvalue weighted by Crippen LogP contribution is -2.49. The van der Waals surface area contributed by atoms with Crippen molar-refractivity contribution in [2.45, 2.75) is 64.5 Å². The van der Waals surface area contributed by atoms with Crippen LogP contribution in [0.3, 0.4) is 0 Å². The molecular formula is C35H48N4O8. The van der Waals surface area contributed by atoms with Gasteiger partial charge in [0, 0.05) is 52.9 Å².